The zero-order valence-electron chi connectivity index (χ0n) is 12.9. The van der Waals surface area contributed by atoms with Gasteiger partial charge in [0.1, 0.15) is 0 Å². The molecular formula is C16H25N3O2. The Labute approximate surface area is 126 Å². The quantitative estimate of drug-likeness (QED) is 0.773. The first-order valence-electron chi connectivity index (χ1n) is 7.62. The summed E-state index contributed by atoms with van der Waals surface area (Å²) in [6, 6.07) is 5.96. The summed E-state index contributed by atoms with van der Waals surface area (Å²) in [5, 5.41) is 14.7. The number of benzene rings is 1. The molecule has 1 aromatic carbocycles. The van der Waals surface area contributed by atoms with Crippen LogP contribution in [0.4, 0.5) is 10.5 Å². The summed E-state index contributed by atoms with van der Waals surface area (Å²) >= 11 is 0. The van der Waals surface area contributed by atoms with E-state index in [2.05, 4.69) is 40.8 Å². The molecule has 0 bridgehead atoms. The van der Waals surface area contributed by atoms with Crippen molar-refractivity contribution < 1.29 is 9.90 Å². The Balaban J connectivity index is 1.90. The van der Waals surface area contributed by atoms with E-state index in [0.29, 0.717) is 6.54 Å². The number of urea groups is 1. The Hall–Kier alpha value is -1.75. The first kappa shape index (κ1) is 15.6. The third-order valence-corrected chi connectivity index (χ3v) is 4.00. The number of carbonyl (C=O) groups is 1. The fourth-order valence-corrected chi connectivity index (χ4v) is 2.64. The molecule has 1 unspecified atom stereocenters. The summed E-state index contributed by atoms with van der Waals surface area (Å²) in [4.78, 5) is 14.0. The Morgan fingerprint density at radius 3 is 3.00 bits per heavy atom. The lowest BCUT2D eigenvalue weighted by molar-refractivity contribution is 0.214. The largest absolute Gasteiger partial charge is 0.394 e. The van der Waals surface area contributed by atoms with E-state index in [1.54, 1.807) is 0 Å². The second-order valence-electron chi connectivity index (χ2n) is 5.60. The van der Waals surface area contributed by atoms with Crippen LogP contribution in [-0.2, 0) is 13.0 Å². The van der Waals surface area contributed by atoms with Crippen LogP contribution in [0, 0.1) is 0 Å². The molecule has 1 aliphatic heterocycles. The molecule has 1 atom stereocenters. The zero-order valence-corrected chi connectivity index (χ0v) is 12.9. The number of hydrogen-bond donors (Lipinski definition) is 3. The number of fused-ring (bicyclic) bond motifs is 1. The first-order valence-corrected chi connectivity index (χ1v) is 7.62. The standard InChI is InChI=1S/C16H25N3O2/c1-3-14(11-20)18-16(21)17-10-12-6-7-15-13(9-12)5-4-8-19(15)2/h6-7,9,14,20H,3-5,8,10-11H2,1-2H3,(H2,17,18,21). The van der Waals surface area contributed by atoms with Gasteiger partial charge in [0.25, 0.3) is 0 Å². The summed E-state index contributed by atoms with van der Waals surface area (Å²) in [5.41, 5.74) is 3.75. The monoisotopic (exact) mass is 291 g/mol. The van der Waals surface area contributed by atoms with Crippen molar-refractivity contribution in [3.63, 3.8) is 0 Å². The third kappa shape index (κ3) is 4.11. The lowest BCUT2D eigenvalue weighted by atomic mass is 9.99. The Kier molecular flexibility index (Phi) is 5.44. The van der Waals surface area contributed by atoms with Crippen LogP contribution >= 0.6 is 0 Å². The summed E-state index contributed by atoms with van der Waals surface area (Å²) in [6.45, 7) is 3.51. The minimum Gasteiger partial charge on any atom is -0.394 e. The van der Waals surface area contributed by atoms with E-state index in [-0.39, 0.29) is 18.7 Å². The average Bonchev–Trinajstić information content (AvgIpc) is 2.50. The molecular weight excluding hydrogens is 266 g/mol. The van der Waals surface area contributed by atoms with Gasteiger partial charge in [0.15, 0.2) is 0 Å². The second-order valence-corrected chi connectivity index (χ2v) is 5.60. The molecule has 0 aliphatic carbocycles. The Morgan fingerprint density at radius 2 is 2.29 bits per heavy atom. The van der Waals surface area contributed by atoms with Gasteiger partial charge in [-0.3, -0.25) is 0 Å². The van der Waals surface area contributed by atoms with E-state index in [0.717, 1.165) is 24.9 Å². The molecule has 0 saturated carbocycles. The van der Waals surface area contributed by atoms with Gasteiger partial charge in [-0.05, 0) is 36.5 Å². The number of rotatable bonds is 5. The molecule has 1 aliphatic rings. The molecule has 0 saturated heterocycles. The minimum atomic E-state index is -0.231. The highest BCUT2D eigenvalue weighted by molar-refractivity contribution is 5.74. The normalized spacial score (nSPS) is 15.3. The fourth-order valence-electron chi connectivity index (χ4n) is 2.64. The van der Waals surface area contributed by atoms with Crippen molar-refractivity contribution in [3.05, 3.63) is 29.3 Å². The van der Waals surface area contributed by atoms with Crippen LogP contribution < -0.4 is 15.5 Å². The lowest BCUT2D eigenvalue weighted by Crippen LogP contribution is -2.43. The van der Waals surface area contributed by atoms with E-state index >= 15 is 0 Å². The summed E-state index contributed by atoms with van der Waals surface area (Å²) in [5.74, 6) is 0. The molecule has 0 aromatic heterocycles. The molecule has 116 valence electrons. The van der Waals surface area contributed by atoms with Gasteiger partial charge in [0.05, 0.1) is 12.6 Å². The van der Waals surface area contributed by atoms with Crippen LogP contribution in [0.1, 0.15) is 30.9 Å². The number of amides is 2. The lowest BCUT2D eigenvalue weighted by Gasteiger charge is -2.27. The van der Waals surface area contributed by atoms with Crippen LogP contribution in [-0.4, -0.2) is 37.4 Å². The van der Waals surface area contributed by atoms with Gasteiger partial charge in [-0.25, -0.2) is 4.79 Å². The van der Waals surface area contributed by atoms with Crippen molar-refractivity contribution >= 4 is 11.7 Å². The summed E-state index contributed by atoms with van der Waals surface area (Å²) < 4.78 is 0. The van der Waals surface area contributed by atoms with Crippen LogP contribution in [0.3, 0.4) is 0 Å². The topological polar surface area (TPSA) is 64.6 Å². The third-order valence-electron chi connectivity index (χ3n) is 4.00. The number of aliphatic hydroxyl groups excluding tert-OH is 1. The highest BCUT2D eigenvalue weighted by Crippen LogP contribution is 2.26. The van der Waals surface area contributed by atoms with Crippen LogP contribution in [0.15, 0.2) is 18.2 Å². The maximum atomic E-state index is 11.7. The molecule has 1 aromatic rings. The molecule has 1 heterocycles. The number of hydrogen-bond acceptors (Lipinski definition) is 3. The van der Waals surface area contributed by atoms with Crippen molar-refractivity contribution in [2.24, 2.45) is 0 Å². The fraction of sp³-hybridized carbons (Fsp3) is 0.562. The number of nitrogens with one attached hydrogen (secondary N) is 2. The number of carbonyl (C=O) groups excluding carboxylic acids is 1. The molecule has 0 spiro atoms. The molecule has 2 amide bonds. The predicted octanol–water partition coefficient (Wildman–Crippen LogP) is 1.64. The van der Waals surface area contributed by atoms with Crippen molar-refractivity contribution in [3.8, 4) is 0 Å². The number of nitrogens with zero attached hydrogens (tertiary/aromatic N) is 1. The van der Waals surface area contributed by atoms with Gasteiger partial charge in [-0.15, -0.1) is 0 Å². The van der Waals surface area contributed by atoms with Gasteiger partial charge >= 0.3 is 6.03 Å². The number of anilines is 1. The Morgan fingerprint density at radius 1 is 1.48 bits per heavy atom. The first-order chi connectivity index (χ1) is 10.1. The van der Waals surface area contributed by atoms with Crippen LogP contribution in [0.2, 0.25) is 0 Å². The van der Waals surface area contributed by atoms with Gasteiger partial charge < -0.3 is 20.6 Å². The van der Waals surface area contributed by atoms with Crippen molar-refractivity contribution in [2.45, 2.75) is 38.8 Å². The van der Waals surface area contributed by atoms with Crippen LogP contribution in [0.5, 0.6) is 0 Å². The maximum absolute atomic E-state index is 11.7. The molecule has 2 rings (SSSR count). The second kappa shape index (κ2) is 7.31. The average molecular weight is 291 g/mol. The SMILES string of the molecule is CCC(CO)NC(=O)NCc1ccc2c(c1)CCCN2C. The summed E-state index contributed by atoms with van der Waals surface area (Å²) in [6.07, 6.45) is 2.99. The predicted molar refractivity (Wildman–Crippen MR) is 84.6 cm³/mol. The maximum Gasteiger partial charge on any atom is 0.315 e. The highest BCUT2D eigenvalue weighted by atomic mass is 16.3. The molecule has 0 fully saturated rings. The van der Waals surface area contributed by atoms with Crippen molar-refractivity contribution in [2.75, 3.05) is 25.1 Å². The number of aliphatic hydroxyl groups is 1. The number of aryl methyl sites for hydroxylation is 1. The van der Waals surface area contributed by atoms with Gasteiger partial charge in [-0.1, -0.05) is 19.1 Å². The Bertz CT molecular complexity index is 486. The highest BCUT2D eigenvalue weighted by Gasteiger charge is 2.14. The zero-order chi connectivity index (χ0) is 15.2. The smallest absolute Gasteiger partial charge is 0.315 e. The summed E-state index contributed by atoms with van der Waals surface area (Å²) in [7, 11) is 2.11. The van der Waals surface area contributed by atoms with E-state index < -0.39 is 0 Å². The molecule has 5 nitrogen and oxygen atoms in total. The van der Waals surface area contributed by atoms with Crippen molar-refractivity contribution in [1.82, 2.24) is 10.6 Å². The van der Waals surface area contributed by atoms with E-state index in [1.165, 1.54) is 17.7 Å². The van der Waals surface area contributed by atoms with E-state index in [1.807, 2.05) is 6.92 Å². The van der Waals surface area contributed by atoms with Gasteiger partial charge in [0, 0.05) is 25.8 Å². The van der Waals surface area contributed by atoms with E-state index in [4.69, 9.17) is 5.11 Å². The van der Waals surface area contributed by atoms with Gasteiger partial charge in [0.2, 0.25) is 0 Å². The van der Waals surface area contributed by atoms with Gasteiger partial charge in [-0.2, -0.15) is 0 Å². The minimum absolute atomic E-state index is 0.0326. The molecule has 5 heteroatoms. The van der Waals surface area contributed by atoms with Crippen molar-refractivity contribution in [1.29, 1.82) is 0 Å². The van der Waals surface area contributed by atoms with Crippen LogP contribution in [0.25, 0.3) is 0 Å². The van der Waals surface area contributed by atoms with E-state index in [9.17, 15) is 4.79 Å². The molecule has 21 heavy (non-hydrogen) atoms. The molecule has 3 N–H and O–H groups in total. The molecule has 0 radical (unpaired) electrons.